The lowest BCUT2D eigenvalue weighted by Crippen LogP contribution is -2.30. The second-order valence-corrected chi connectivity index (χ2v) is 6.52. The second kappa shape index (κ2) is 6.73. The Hall–Kier alpha value is -2.21. The standard InChI is InChI=1S/C17H20ClN3O3/c1-10(8-21-12(3)4-11(2)20-21)7-19-17(22)13-5-14(18)16-15(6-13)23-9-24-16/h4-6,10H,7-9H2,1-3H3,(H,19,22)/t10-/m0/s1. The van der Waals surface area contributed by atoms with Crippen molar-refractivity contribution in [3.63, 3.8) is 0 Å². The highest BCUT2D eigenvalue weighted by atomic mass is 35.5. The number of hydrogen-bond acceptors (Lipinski definition) is 4. The molecule has 0 aliphatic carbocycles. The van der Waals surface area contributed by atoms with E-state index in [9.17, 15) is 4.79 Å². The molecule has 2 heterocycles. The number of nitrogens with one attached hydrogen (secondary N) is 1. The van der Waals surface area contributed by atoms with Crippen molar-refractivity contribution in [3.05, 3.63) is 40.2 Å². The van der Waals surface area contributed by atoms with Gasteiger partial charge >= 0.3 is 0 Å². The molecule has 1 aliphatic heterocycles. The van der Waals surface area contributed by atoms with Gasteiger partial charge in [-0.25, -0.2) is 0 Å². The third-order valence-electron chi connectivity index (χ3n) is 3.89. The topological polar surface area (TPSA) is 65.4 Å². The quantitative estimate of drug-likeness (QED) is 0.901. The fraction of sp³-hybridized carbons (Fsp3) is 0.412. The lowest BCUT2D eigenvalue weighted by Gasteiger charge is -2.14. The highest BCUT2D eigenvalue weighted by molar-refractivity contribution is 6.32. The lowest BCUT2D eigenvalue weighted by atomic mass is 10.1. The molecule has 24 heavy (non-hydrogen) atoms. The molecule has 1 atom stereocenters. The number of carbonyl (C=O) groups is 1. The first kappa shape index (κ1) is 16.6. The third kappa shape index (κ3) is 3.48. The number of rotatable bonds is 5. The van der Waals surface area contributed by atoms with Crippen molar-refractivity contribution in [2.24, 2.45) is 5.92 Å². The Morgan fingerprint density at radius 3 is 2.88 bits per heavy atom. The number of nitrogens with zero attached hydrogens (tertiary/aromatic N) is 2. The smallest absolute Gasteiger partial charge is 0.251 e. The van der Waals surface area contributed by atoms with Gasteiger partial charge in [-0.05, 0) is 38.0 Å². The van der Waals surface area contributed by atoms with Crippen LogP contribution >= 0.6 is 11.6 Å². The molecule has 0 spiro atoms. The Morgan fingerprint density at radius 1 is 1.38 bits per heavy atom. The van der Waals surface area contributed by atoms with Gasteiger partial charge in [0.15, 0.2) is 11.5 Å². The van der Waals surface area contributed by atoms with Gasteiger partial charge in [0.25, 0.3) is 5.91 Å². The van der Waals surface area contributed by atoms with E-state index in [1.165, 1.54) is 0 Å². The highest BCUT2D eigenvalue weighted by Crippen LogP contribution is 2.39. The normalized spacial score (nSPS) is 13.8. The minimum Gasteiger partial charge on any atom is -0.454 e. The number of hydrogen-bond donors (Lipinski definition) is 1. The summed E-state index contributed by atoms with van der Waals surface area (Å²) in [6, 6.07) is 5.28. The molecule has 0 saturated heterocycles. The average molecular weight is 350 g/mol. The van der Waals surface area contributed by atoms with Crippen LogP contribution in [0.4, 0.5) is 0 Å². The zero-order valence-corrected chi connectivity index (χ0v) is 14.7. The van der Waals surface area contributed by atoms with Crippen molar-refractivity contribution < 1.29 is 14.3 Å². The third-order valence-corrected chi connectivity index (χ3v) is 4.17. The summed E-state index contributed by atoms with van der Waals surface area (Å²) in [6.07, 6.45) is 0. The second-order valence-electron chi connectivity index (χ2n) is 6.12. The van der Waals surface area contributed by atoms with E-state index in [1.807, 2.05) is 24.6 Å². The van der Waals surface area contributed by atoms with E-state index in [0.717, 1.165) is 17.9 Å². The summed E-state index contributed by atoms with van der Waals surface area (Å²) in [5.74, 6) is 1.06. The Bertz CT molecular complexity index is 773. The molecule has 6 nitrogen and oxygen atoms in total. The van der Waals surface area contributed by atoms with Crippen LogP contribution in [0.3, 0.4) is 0 Å². The van der Waals surface area contributed by atoms with Crippen molar-refractivity contribution in [1.82, 2.24) is 15.1 Å². The van der Waals surface area contributed by atoms with Gasteiger partial charge in [0.2, 0.25) is 6.79 Å². The molecule has 3 rings (SSSR count). The Morgan fingerprint density at radius 2 is 2.17 bits per heavy atom. The largest absolute Gasteiger partial charge is 0.454 e. The van der Waals surface area contributed by atoms with E-state index < -0.39 is 0 Å². The number of aromatic nitrogens is 2. The van der Waals surface area contributed by atoms with Crippen LogP contribution in [0.2, 0.25) is 5.02 Å². The van der Waals surface area contributed by atoms with Crippen LogP contribution in [0.1, 0.15) is 28.7 Å². The number of benzene rings is 1. The van der Waals surface area contributed by atoms with E-state index in [0.29, 0.717) is 28.6 Å². The van der Waals surface area contributed by atoms with Crippen LogP contribution in [0, 0.1) is 19.8 Å². The van der Waals surface area contributed by atoms with Gasteiger partial charge in [0.05, 0.1) is 10.7 Å². The summed E-state index contributed by atoms with van der Waals surface area (Å²) in [7, 11) is 0. The number of fused-ring (bicyclic) bond motifs is 1. The predicted molar refractivity (Wildman–Crippen MR) is 90.8 cm³/mol. The van der Waals surface area contributed by atoms with Gasteiger partial charge in [0, 0.05) is 24.3 Å². The molecular weight excluding hydrogens is 330 g/mol. The summed E-state index contributed by atoms with van der Waals surface area (Å²) in [5.41, 5.74) is 2.58. The molecule has 0 radical (unpaired) electrons. The van der Waals surface area contributed by atoms with Crippen LogP contribution in [0.25, 0.3) is 0 Å². The Balaban J connectivity index is 1.59. The highest BCUT2D eigenvalue weighted by Gasteiger charge is 2.21. The van der Waals surface area contributed by atoms with E-state index in [-0.39, 0.29) is 18.6 Å². The van der Waals surface area contributed by atoms with Crippen LogP contribution in [0.15, 0.2) is 18.2 Å². The molecule has 7 heteroatoms. The molecule has 1 N–H and O–H groups in total. The summed E-state index contributed by atoms with van der Waals surface area (Å²) in [4.78, 5) is 12.3. The minimum atomic E-state index is -0.185. The summed E-state index contributed by atoms with van der Waals surface area (Å²) < 4.78 is 12.5. The fourth-order valence-electron chi connectivity index (χ4n) is 2.69. The molecule has 2 aromatic rings. The molecule has 0 saturated carbocycles. The minimum absolute atomic E-state index is 0.125. The van der Waals surface area contributed by atoms with Crippen LogP contribution in [-0.4, -0.2) is 29.0 Å². The number of carbonyl (C=O) groups excluding carboxylic acids is 1. The Kier molecular flexibility index (Phi) is 4.66. The van der Waals surface area contributed by atoms with Gasteiger partial charge in [0.1, 0.15) is 0 Å². The van der Waals surface area contributed by atoms with Gasteiger partial charge in [-0.15, -0.1) is 0 Å². The van der Waals surface area contributed by atoms with Crippen molar-refractivity contribution in [2.75, 3.05) is 13.3 Å². The lowest BCUT2D eigenvalue weighted by molar-refractivity contribution is 0.0946. The van der Waals surface area contributed by atoms with Gasteiger partial charge in [-0.2, -0.15) is 5.10 Å². The van der Waals surface area contributed by atoms with Crippen LogP contribution in [-0.2, 0) is 6.54 Å². The number of amides is 1. The first-order valence-electron chi connectivity index (χ1n) is 7.82. The zero-order valence-electron chi connectivity index (χ0n) is 13.9. The van der Waals surface area contributed by atoms with Crippen molar-refractivity contribution >= 4 is 17.5 Å². The molecule has 1 aliphatic rings. The summed E-state index contributed by atoms with van der Waals surface area (Å²) in [6.45, 7) is 7.49. The van der Waals surface area contributed by atoms with E-state index in [1.54, 1.807) is 12.1 Å². The molecule has 128 valence electrons. The average Bonchev–Trinajstić information content (AvgIpc) is 3.11. The van der Waals surface area contributed by atoms with Gasteiger partial charge in [-0.1, -0.05) is 18.5 Å². The summed E-state index contributed by atoms with van der Waals surface area (Å²) >= 11 is 6.11. The number of halogens is 1. The molecule has 1 amide bonds. The number of aryl methyl sites for hydroxylation is 2. The van der Waals surface area contributed by atoms with Gasteiger partial charge in [-0.3, -0.25) is 9.48 Å². The maximum absolute atomic E-state index is 12.3. The maximum Gasteiger partial charge on any atom is 0.251 e. The zero-order chi connectivity index (χ0) is 17.3. The fourth-order valence-corrected chi connectivity index (χ4v) is 2.95. The van der Waals surface area contributed by atoms with Crippen molar-refractivity contribution in [2.45, 2.75) is 27.3 Å². The van der Waals surface area contributed by atoms with Gasteiger partial charge < -0.3 is 14.8 Å². The Labute approximate surface area is 145 Å². The van der Waals surface area contributed by atoms with E-state index in [4.69, 9.17) is 21.1 Å². The maximum atomic E-state index is 12.3. The molecule has 0 unspecified atom stereocenters. The van der Waals surface area contributed by atoms with Crippen LogP contribution in [0.5, 0.6) is 11.5 Å². The molecular formula is C17H20ClN3O3. The molecule has 0 bridgehead atoms. The number of ether oxygens (including phenoxy) is 2. The van der Waals surface area contributed by atoms with Crippen molar-refractivity contribution in [1.29, 1.82) is 0 Å². The molecule has 1 aromatic carbocycles. The van der Waals surface area contributed by atoms with E-state index >= 15 is 0 Å². The first-order valence-corrected chi connectivity index (χ1v) is 8.20. The summed E-state index contributed by atoms with van der Waals surface area (Å²) in [5, 5.41) is 7.75. The molecule has 0 fully saturated rings. The van der Waals surface area contributed by atoms with Crippen molar-refractivity contribution in [3.8, 4) is 11.5 Å². The monoisotopic (exact) mass is 349 g/mol. The predicted octanol–water partition coefficient (Wildman–Crippen LogP) is 2.95. The SMILES string of the molecule is Cc1cc(C)n(C[C@@H](C)CNC(=O)c2cc(Cl)c3c(c2)OCO3)n1. The first-order chi connectivity index (χ1) is 11.4. The van der Waals surface area contributed by atoms with E-state index in [2.05, 4.69) is 17.3 Å². The van der Waals surface area contributed by atoms with Crippen LogP contribution < -0.4 is 14.8 Å². The molecule has 1 aromatic heterocycles.